The van der Waals surface area contributed by atoms with Gasteiger partial charge < -0.3 is 10.2 Å². The summed E-state index contributed by atoms with van der Waals surface area (Å²) in [4.78, 5) is 22.9. The molecule has 1 saturated heterocycles. The predicted octanol–water partition coefficient (Wildman–Crippen LogP) is 3.10. The monoisotopic (exact) mass is 314 g/mol. The normalized spacial score (nSPS) is 17.8. The number of nitrogens with one attached hydrogen (secondary N) is 1. The van der Waals surface area contributed by atoms with Gasteiger partial charge in [0.15, 0.2) is 0 Å². The van der Waals surface area contributed by atoms with E-state index in [-0.39, 0.29) is 17.4 Å². The van der Waals surface area contributed by atoms with Gasteiger partial charge in [0.1, 0.15) is 17.3 Å². The molecule has 6 heteroatoms. The van der Waals surface area contributed by atoms with E-state index < -0.39 is 0 Å². The van der Waals surface area contributed by atoms with Crippen LogP contribution in [0.5, 0.6) is 0 Å². The Labute approximate surface area is 134 Å². The van der Waals surface area contributed by atoms with E-state index in [9.17, 15) is 9.18 Å². The molecule has 2 aromatic rings. The molecule has 120 valence electrons. The molecule has 0 radical (unpaired) electrons. The summed E-state index contributed by atoms with van der Waals surface area (Å²) in [6.07, 6.45) is 5.50. The van der Waals surface area contributed by atoms with Gasteiger partial charge in [-0.3, -0.25) is 4.79 Å². The molecule has 1 aliphatic rings. The Morgan fingerprint density at radius 2 is 2.04 bits per heavy atom. The Morgan fingerprint density at radius 3 is 2.70 bits per heavy atom. The van der Waals surface area contributed by atoms with Crippen molar-refractivity contribution in [2.75, 3.05) is 23.3 Å². The molecule has 1 aliphatic heterocycles. The van der Waals surface area contributed by atoms with Crippen LogP contribution in [0.2, 0.25) is 0 Å². The van der Waals surface area contributed by atoms with Crippen molar-refractivity contribution < 1.29 is 9.18 Å². The minimum atomic E-state index is -0.359. The van der Waals surface area contributed by atoms with Gasteiger partial charge in [-0.15, -0.1) is 0 Å². The van der Waals surface area contributed by atoms with Crippen LogP contribution in [0.25, 0.3) is 0 Å². The minimum absolute atomic E-state index is 0.239. The third kappa shape index (κ3) is 3.83. The van der Waals surface area contributed by atoms with Crippen LogP contribution in [0.3, 0.4) is 0 Å². The molecule has 0 bridgehead atoms. The lowest BCUT2D eigenvalue weighted by Gasteiger charge is -2.31. The number of aromatic nitrogens is 2. The maximum absolute atomic E-state index is 12.9. The Balaban J connectivity index is 1.66. The van der Waals surface area contributed by atoms with Crippen LogP contribution in [-0.4, -0.2) is 29.0 Å². The fourth-order valence-corrected chi connectivity index (χ4v) is 2.73. The standard InChI is InChI=1S/C17H19FN4O/c1-12-3-2-8-22(11-12)16-10-19-15(9-20-16)17(23)21-14-6-4-13(18)5-7-14/h4-7,9-10,12H,2-3,8,11H2,1H3,(H,21,23). The van der Waals surface area contributed by atoms with Gasteiger partial charge in [-0.25, -0.2) is 14.4 Å². The molecular weight excluding hydrogens is 295 g/mol. The van der Waals surface area contributed by atoms with Gasteiger partial charge in [0.2, 0.25) is 0 Å². The summed E-state index contributed by atoms with van der Waals surface area (Å²) in [5, 5.41) is 2.67. The maximum atomic E-state index is 12.9. The summed E-state index contributed by atoms with van der Waals surface area (Å²) in [7, 11) is 0. The van der Waals surface area contributed by atoms with Crippen molar-refractivity contribution in [2.24, 2.45) is 5.92 Å². The largest absolute Gasteiger partial charge is 0.355 e. The lowest BCUT2D eigenvalue weighted by atomic mass is 10.0. The lowest BCUT2D eigenvalue weighted by molar-refractivity contribution is 0.102. The summed E-state index contributed by atoms with van der Waals surface area (Å²) in [6.45, 7) is 4.17. The van der Waals surface area contributed by atoms with Gasteiger partial charge in [0.25, 0.3) is 5.91 Å². The van der Waals surface area contributed by atoms with Crippen molar-refractivity contribution in [3.05, 3.63) is 48.2 Å². The average molecular weight is 314 g/mol. The van der Waals surface area contributed by atoms with Crippen molar-refractivity contribution in [2.45, 2.75) is 19.8 Å². The van der Waals surface area contributed by atoms with E-state index in [0.717, 1.165) is 25.3 Å². The van der Waals surface area contributed by atoms with Crippen molar-refractivity contribution in [1.29, 1.82) is 0 Å². The molecule has 0 saturated carbocycles. The van der Waals surface area contributed by atoms with Crippen molar-refractivity contribution in [3.8, 4) is 0 Å². The van der Waals surface area contributed by atoms with Crippen molar-refractivity contribution in [3.63, 3.8) is 0 Å². The van der Waals surface area contributed by atoms with E-state index in [2.05, 4.69) is 27.1 Å². The lowest BCUT2D eigenvalue weighted by Crippen LogP contribution is -2.35. The first-order chi connectivity index (χ1) is 11.1. The number of anilines is 2. The smallest absolute Gasteiger partial charge is 0.275 e. The SMILES string of the molecule is CC1CCCN(c2cnc(C(=O)Nc3ccc(F)cc3)cn2)C1. The summed E-state index contributed by atoms with van der Waals surface area (Å²) in [5.74, 6) is 0.743. The van der Waals surface area contributed by atoms with Gasteiger partial charge in [0.05, 0.1) is 12.4 Å². The number of piperidine rings is 1. The van der Waals surface area contributed by atoms with Gasteiger partial charge in [0, 0.05) is 18.8 Å². The summed E-state index contributed by atoms with van der Waals surface area (Å²) in [6, 6.07) is 5.60. The van der Waals surface area contributed by atoms with Crippen LogP contribution in [-0.2, 0) is 0 Å². The topological polar surface area (TPSA) is 58.1 Å². The van der Waals surface area contributed by atoms with Crippen LogP contribution in [0.1, 0.15) is 30.3 Å². The molecule has 23 heavy (non-hydrogen) atoms. The first-order valence-electron chi connectivity index (χ1n) is 7.76. The van der Waals surface area contributed by atoms with E-state index in [0.29, 0.717) is 11.6 Å². The molecule has 1 unspecified atom stereocenters. The van der Waals surface area contributed by atoms with Gasteiger partial charge in [-0.05, 0) is 43.0 Å². The van der Waals surface area contributed by atoms with E-state index >= 15 is 0 Å². The zero-order chi connectivity index (χ0) is 16.2. The van der Waals surface area contributed by atoms with Crippen molar-refractivity contribution in [1.82, 2.24) is 9.97 Å². The Kier molecular flexibility index (Phi) is 4.50. The molecule has 3 rings (SSSR count). The summed E-state index contributed by atoms with van der Waals surface area (Å²) >= 11 is 0. The Morgan fingerprint density at radius 1 is 1.26 bits per heavy atom. The fraction of sp³-hybridized carbons (Fsp3) is 0.353. The quantitative estimate of drug-likeness (QED) is 0.946. The molecule has 1 amide bonds. The number of amides is 1. The molecule has 0 aliphatic carbocycles. The molecular formula is C17H19FN4O. The maximum Gasteiger partial charge on any atom is 0.275 e. The van der Waals surface area contributed by atoms with Crippen molar-refractivity contribution >= 4 is 17.4 Å². The zero-order valence-corrected chi connectivity index (χ0v) is 13.0. The molecule has 1 atom stereocenters. The molecule has 1 fully saturated rings. The highest BCUT2D eigenvalue weighted by Gasteiger charge is 2.18. The number of halogens is 1. The van der Waals surface area contributed by atoms with Gasteiger partial charge >= 0.3 is 0 Å². The highest BCUT2D eigenvalue weighted by molar-refractivity contribution is 6.02. The number of rotatable bonds is 3. The third-order valence-electron chi connectivity index (χ3n) is 3.95. The Hall–Kier alpha value is -2.50. The van der Waals surface area contributed by atoms with Gasteiger partial charge in [-0.2, -0.15) is 0 Å². The van der Waals surface area contributed by atoms with Crippen LogP contribution in [0.4, 0.5) is 15.9 Å². The molecule has 5 nitrogen and oxygen atoms in total. The average Bonchev–Trinajstić information content (AvgIpc) is 2.57. The molecule has 1 N–H and O–H groups in total. The summed E-state index contributed by atoms with van der Waals surface area (Å²) in [5.41, 5.74) is 0.760. The van der Waals surface area contributed by atoms with Crippen LogP contribution < -0.4 is 10.2 Å². The number of hydrogen-bond acceptors (Lipinski definition) is 4. The summed E-state index contributed by atoms with van der Waals surface area (Å²) < 4.78 is 12.9. The molecule has 2 heterocycles. The highest BCUT2D eigenvalue weighted by Crippen LogP contribution is 2.20. The first kappa shape index (κ1) is 15.4. The van der Waals surface area contributed by atoms with E-state index in [1.165, 1.54) is 36.9 Å². The third-order valence-corrected chi connectivity index (χ3v) is 3.95. The Bertz CT molecular complexity index is 672. The second-order valence-corrected chi connectivity index (χ2v) is 5.91. The van der Waals surface area contributed by atoms with Crippen LogP contribution >= 0.6 is 0 Å². The van der Waals surface area contributed by atoms with Crippen LogP contribution in [0.15, 0.2) is 36.7 Å². The molecule has 1 aromatic carbocycles. The predicted molar refractivity (Wildman–Crippen MR) is 87.0 cm³/mol. The van der Waals surface area contributed by atoms with Gasteiger partial charge in [-0.1, -0.05) is 6.92 Å². The number of benzene rings is 1. The zero-order valence-electron chi connectivity index (χ0n) is 13.0. The van der Waals surface area contributed by atoms with E-state index in [1.54, 1.807) is 6.20 Å². The first-order valence-corrected chi connectivity index (χ1v) is 7.76. The highest BCUT2D eigenvalue weighted by atomic mass is 19.1. The number of hydrogen-bond donors (Lipinski definition) is 1. The van der Waals surface area contributed by atoms with E-state index in [4.69, 9.17) is 0 Å². The number of nitrogens with zero attached hydrogens (tertiary/aromatic N) is 3. The van der Waals surface area contributed by atoms with E-state index in [1.807, 2.05) is 0 Å². The second-order valence-electron chi connectivity index (χ2n) is 5.91. The number of carbonyl (C=O) groups excluding carboxylic acids is 1. The minimum Gasteiger partial charge on any atom is -0.355 e. The van der Waals surface area contributed by atoms with Crippen LogP contribution in [0, 0.1) is 11.7 Å². The number of carbonyl (C=O) groups is 1. The second kappa shape index (κ2) is 6.73. The molecule has 0 spiro atoms. The molecule has 1 aromatic heterocycles. The fourth-order valence-electron chi connectivity index (χ4n) is 2.73.